The van der Waals surface area contributed by atoms with Crippen LogP contribution >= 0.6 is 0 Å². The van der Waals surface area contributed by atoms with Crippen LogP contribution in [0.1, 0.15) is 69.4 Å². The van der Waals surface area contributed by atoms with E-state index in [0.717, 1.165) is 79.2 Å². The Morgan fingerprint density at radius 1 is 1.00 bits per heavy atom. The van der Waals surface area contributed by atoms with E-state index < -0.39 is 15.6 Å². The van der Waals surface area contributed by atoms with Crippen molar-refractivity contribution in [2.45, 2.75) is 81.7 Å². The molecule has 0 aromatic carbocycles. The summed E-state index contributed by atoms with van der Waals surface area (Å²) in [7, 11) is -3.48. The van der Waals surface area contributed by atoms with Crippen molar-refractivity contribution in [3.8, 4) is 23.2 Å². The number of pyridine rings is 1. The zero-order valence-electron chi connectivity index (χ0n) is 26.3. The molecule has 4 aromatic rings. The van der Waals surface area contributed by atoms with Gasteiger partial charge in [0.25, 0.3) is 10.0 Å². The maximum atomic E-state index is 12.6. The molecule has 0 unspecified atom stereocenters. The highest BCUT2D eigenvalue weighted by molar-refractivity contribution is 7.90. The first-order valence-corrected chi connectivity index (χ1v) is 17.7. The molecule has 2 saturated carbocycles. The Morgan fingerprint density at radius 2 is 1.81 bits per heavy atom. The van der Waals surface area contributed by atoms with E-state index in [1.807, 2.05) is 23.9 Å². The number of aliphatic hydroxyl groups is 1. The molecule has 13 nitrogen and oxygen atoms in total. The summed E-state index contributed by atoms with van der Waals surface area (Å²) >= 11 is 0. The molecule has 5 heterocycles. The van der Waals surface area contributed by atoms with E-state index >= 15 is 0 Å². The summed E-state index contributed by atoms with van der Waals surface area (Å²) in [6.07, 6.45) is 16.6. The van der Waals surface area contributed by atoms with Gasteiger partial charge in [0.1, 0.15) is 11.6 Å². The summed E-state index contributed by atoms with van der Waals surface area (Å²) in [6, 6.07) is 3.81. The van der Waals surface area contributed by atoms with Crippen molar-refractivity contribution in [3.05, 3.63) is 60.4 Å². The summed E-state index contributed by atoms with van der Waals surface area (Å²) in [6.45, 7) is 4.37. The summed E-state index contributed by atoms with van der Waals surface area (Å²) in [4.78, 5) is 13.6. The van der Waals surface area contributed by atoms with E-state index in [0.29, 0.717) is 41.8 Å². The molecule has 2 aliphatic carbocycles. The van der Waals surface area contributed by atoms with Gasteiger partial charge in [0.15, 0.2) is 5.82 Å². The largest absolute Gasteiger partial charge is 0.390 e. The molecule has 3 N–H and O–H groups in total. The fourth-order valence-corrected chi connectivity index (χ4v) is 7.46. The summed E-state index contributed by atoms with van der Waals surface area (Å²) in [5.41, 5.74) is 2.28. The van der Waals surface area contributed by atoms with Gasteiger partial charge in [0, 0.05) is 50.5 Å². The fourth-order valence-electron chi connectivity index (χ4n) is 5.98. The highest BCUT2D eigenvalue weighted by Gasteiger charge is 2.37. The summed E-state index contributed by atoms with van der Waals surface area (Å²) in [5, 5.41) is 25.6. The molecule has 4 aromatic heterocycles. The standard InChI is InChI=1S/C33H39N9O4S/c1-33(43)11-6-27(7-12-33)38-29-16-31(35-18-25(29)3-2-24-17-36-41(21-24)20-23-9-14-46-15-10-23)39-30-8-13-34-32(40-30)26-19-37-42(22-26)47(44,45)28-4-5-28/h8,13,16-19,21-23,27-28,43H,4-7,9-12,14-15,20H2,1H3,(H2,34,35,38,39,40). The predicted octanol–water partition coefficient (Wildman–Crippen LogP) is 3.95. The van der Waals surface area contributed by atoms with Gasteiger partial charge in [-0.2, -0.15) is 14.3 Å². The van der Waals surface area contributed by atoms with Gasteiger partial charge in [-0.1, -0.05) is 11.8 Å². The third kappa shape index (κ3) is 7.64. The molecule has 0 spiro atoms. The number of nitrogens with one attached hydrogen (secondary N) is 2. The number of hydrogen-bond acceptors (Lipinski definition) is 11. The first-order valence-electron chi connectivity index (χ1n) is 16.2. The van der Waals surface area contributed by atoms with Crippen LogP contribution in [0.3, 0.4) is 0 Å². The van der Waals surface area contributed by atoms with Gasteiger partial charge >= 0.3 is 0 Å². The second-order valence-electron chi connectivity index (χ2n) is 13.0. The number of aromatic nitrogens is 7. The summed E-state index contributed by atoms with van der Waals surface area (Å²) in [5.74, 6) is 8.51. The number of ether oxygens (including phenoxy) is 1. The van der Waals surface area contributed by atoms with Gasteiger partial charge in [0.2, 0.25) is 0 Å². The lowest BCUT2D eigenvalue weighted by atomic mass is 9.83. The van der Waals surface area contributed by atoms with E-state index in [-0.39, 0.29) is 11.3 Å². The highest BCUT2D eigenvalue weighted by Crippen LogP contribution is 2.32. The zero-order chi connectivity index (χ0) is 32.4. The first kappa shape index (κ1) is 31.3. The van der Waals surface area contributed by atoms with E-state index in [2.05, 4.69) is 47.6 Å². The Morgan fingerprint density at radius 3 is 2.60 bits per heavy atom. The van der Waals surface area contributed by atoms with Crippen LogP contribution in [0.5, 0.6) is 0 Å². The molecule has 0 amide bonds. The topological polar surface area (TPSA) is 162 Å². The van der Waals surface area contributed by atoms with Gasteiger partial charge in [0.05, 0.1) is 51.8 Å². The maximum absolute atomic E-state index is 12.6. The third-order valence-corrected chi connectivity index (χ3v) is 11.1. The Balaban J connectivity index is 1.10. The smallest absolute Gasteiger partial charge is 0.256 e. The van der Waals surface area contributed by atoms with Crippen LogP contribution in [0.25, 0.3) is 11.4 Å². The van der Waals surface area contributed by atoms with Crippen molar-refractivity contribution < 1.29 is 18.3 Å². The van der Waals surface area contributed by atoms with E-state index in [4.69, 9.17) is 4.74 Å². The normalized spacial score (nSPS) is 22.0. The number of hydrogen-bond donors (Lipinski definition) is 3. The quantitative estimate of drug-likeness (QED) is 0.224. The predicted molar refractivity (Wildman–Crippen MR) is 176 cm³/mol. The zero-order valence-corrected chi connectivity index (χ0v) is 27.2. The lowest BCUT2D eigenvalue weighted by Gasteiger charge is -2.34. The van der Waals surface area contributed by atoms with Crippen LogP contribution in [0, 0.1) is 17.8 Å². The van der Waals surface area contributed by atoms with E-state index in [1.165, 1.54) is 12.4 Å². The van der Waals surface area contributed by atoms with Gasteiger partial charge in [-0.3, -0.25) is 4.68 Å². The van der Waals surface area contributed by atoms with Gasteiger partial charge in [-0.15, -0.1) is 0 Å². The maximum Gasteiger partial charge on any atom is 0.256 e. The first-order chi connectivity index (χ1) is 22.7. The number of rotatable bonds is 9. The van der Waals surface area contributed by atoms with Crippen LogP contribution in [0.2, 0.25) is 0 Å². The fraction of sp³-hybridized carbons (Fsp3) is 0.485. The average Bonchev–Trinajstić information content (AvgIpc) is 3.65. The van der Waals surface area contributed by atoms with Crippen molar-refractivity contribution >= 4 is 27.3 Å². The van der Waals surface area contributed by atoms with Gasteiger partial charge < -0.3 is 20.5 Å². The van der Waals surface area contributed by atoms with E-state index in [1.54, 1.807) is 24.7 Å². The summed E-state index contributed by atoms with van der Waals surface area (Å²) < 4.78 is 33.6. The van der Waals surface area contributed by atoms with Crippen LogP contribution < -0.4 is 10.6 Å². The van der Waals surface area contributed by atoms with Gasteiger partial charge in [-0.05, 0) is 70.3 Å². The minimum Gasteiger partial charge on any atom is -0.390 e. The lowest BCUT2D eigenvalue weighted by Crippen LogP contribution is -2.35. The lowest BCUT2D eigenvalue weighted by molar-refractivity contribution is 0.0196. The molecule has 14 heteroatoms. The van der Waals surface area contributed by atoms with Crippen molar-refractivity contribution in [2.75, 3.05) is 23.8 Å². The second-order valence-corrected chi connectivity index (χ2v) is 15.1. The van der Waals surface area contributed by atoms with Crippen LogP contribution in [-0.4, -0.2) is 77.5 Å². The Bertz CT molecular complexity index is 1890. The molecule has 0 atom stereocenters. The van der Waals surface area contributed by atoms with Crippen LogP contribution in [0.15, 0.2) is 49.3 Å². The monoisotopic (exact) mass is 657 g/mol. The van der Waals surface area contributed by atoms with Crippen molar-refractivity contribution in [1.82, 2.24) is 33.9 Å². The molecule has 47 heavy (non-hydrogen) atoms. The second kappa shape index (κ2) is 13.1. The molecular formula is C33H39N9O4S. The van der Waals surface area contributed by atoms with Crippen molar-refractivity contribution in [1.29, 1.82) is 0 Å². The Kier molecular flexibility index (Phi) is 8.69. The number of nitrogens with zero attached hydrogens (tertiary/aromatic N) is 7. The minimum absolute atomic E-state index is 0.183. The SMILES string of the molecule is CC1(O)CCC(Nc2cc(Nc3ccnc(-c4cnn(S(=O)(=O)C5CC5)c4)n3)ncc2C#Cc2cnn(CC3CCOCC3)c2)CC1. The Hall–Kier alpha value is -4.32. The molecular weight excluding hydrogens is 618 g/mol. The molecule has 246 valence electrons. The van der Waals surface area contributed by atoms with Crippen LogP contribution in [-0.2, 0) is 21.3 Å². The number of anilines is 3. The molecule has 1 aliphatic heterocycles. The third-order valence-electron chi connectivity index (χ3n) is 9.02. The van der Waals surface area contributed by atoms with Gasteiger partial charge in [-0.25, -0.2) is 23.4 Å². The minimum atomic E-state index is -3.48. The molecule has 3 fully saturated rings. The average molecular weight is 658 g/mol. The molecule has 7 rings (SSSR count). The molecule has 0 bridgehead atoms. The Labute approximate surface area is 274 Å². The van der Waals surface area contributed by atoms with Crippen LogP contribution in [0.4, 0.5) is 17.3 Å². The highest BCUT2D eigenvalue weighted by atomic mass is 32.2. The molecule has 1 saturated heterocycles. The van der Waals surface area contributed by atoms with Crippen molar-refractivity contribution in [2.24, 2.45) is 5.92 Å². The van der Waals surface area contributed by atoms with E-state index in [9.17, 15) is 13.5 Å². The molecule has 0 radical (unpaired) electrons. The van der Waals surface area contributed by atoms with Crippen molar-refractivity contribution in [3.63, 3.8) is 0 Å². The molecule has 3 aliphatic rings.